The van der Waals surface area contributed by atoms with Crippen LogP contribution in [0.1, 0.15) is 19.3 Å². The highest BCUT2D eigenvalue weighted by molar-refractivity contribution is 5.60. The molecule has 4 heterocycles. The lowest BCUT2D eigenvalue weighted by atomic mass is 9.92. The topological polar surface area (TPSA) is 84.2 Å². The molecule has 1 N–H and O–H groups in total. The molecule has 1 saturated carbocycles. The molecule has 3 aliphatic rings. The molecule has 2 bridgehead atoms. The highest BCUT2D eigenvalue weighted by atomic mass is 19.2. The molecule has 2 aromatic heterocycles. The molecule has 2 unspecified atom stereocenters. The van der Waals surface area contributed by atoms with Crippen molar-refractivity contribution in [3.05, 3.63) is 42.0 Å². The zero-order valence-corrected chi connectivity index (χ0v) is 19.2. The van der Waals surface area contributed by atoms with E-state index in [4.69, 9.17) is 4.74 Å². The third-order valence-corrected chi connectivity index (χ3v) is 7.24. The van der Waals surface area contributed by atoms with E-state index in [2.05, 4.69) is 30.3 Å². The Kier molecular flexibility index (Phi) is 5.37. The van der Waals surface area contributed by atoms with Crippen LogP contribution in [0.15, 0.2) is 24.5 Å². The van der Waals surface area contributed by atoms with Gasteiger partial charge in [-0.2, -0.15) is 4.98 Å². The maximum Gasteiger partial charge on any atom is 0.244 e. The Bertz CT molecular complexity index is 1240. The minimum absolute atomic E-state index is 0.0440. The van der Waals surface area contributed by atoms with E-state index >= 15 is 0 Å². The smallest absolute Gasteiger partial charge is 0.244 e. The first kappa shape index (κ1) is 21.9. The second-order valence-corrected chi connectivity index (χ2v) is 9.25. The molecule has 35 heavy (non-hydrogen) atoms. The molecule has 9 nitrogen and oxygen atoms in total. The zero-order valence-electron chi connectivity index (χ0n) is 19.2. The summed E-state index contributed by atoms with van der Waals surface area (Å²) in [5.74, 6) is -0.871. The van der Waals surface area contributed by atoms with Crippen LogP contribution in [0.25, 0.3) is 0 Å². The molecule has 2 fully saturated rings. The lowest BCUT2D eigenvalue weighted by Crippen LogP contribution is -2.48. The molecule has 184 valence electrons. The Morgan fingerprint density at radius 2 is 1.83 bits per heavy atom. The summed E-state index contributed by atoms with van der Waals surface area (Å²) in [7, 11) is 1.59. The predicted molar refractivity (Wildman–Crippen MR) is 122 cm³/mol. The number of anilines is 4. The number of nitrogens with zero attached hydrogens (tertiary/aromatic N) is 7. The first-order valence-electron chi connectivity index (χ1n) is 11.7. The zero-order chi connectivity index (χ0) is 24.1. The van der Waals surface area contributed by atoms with Crippen LogP contribution < -0.4 is 19.9 Å². The number of benzene rings is 1. The van der Waals surface area contributed by atoms with Gasteiger partial charge in [0, 0.05) is 38.3 Å². The summed E-state index contributed by atoms with van der Waals surface area (Å²) in [6.45, 7) is 2.74. The number of hydrogen-bond donors (Lipinski definition) is 1. The summed E-state index contributed by atoms with van der Waals surface area (Å²) in [6.07, 6.45) is 4.36. The van der Waals surface area contributed by atoms with Crippen molar-refractivity contribution in [2.45, 2.75) is 31.8 Å². The average Bonchev–Trinajstić information content (AvgIpc) is 3.38. The van der Waals surface area contributed by atoms with E-state index in [0.29, 0.717) is 49.1 Å². The molecule has 0 amide bonds. The molecule has 1 aliphatic carbocycles. The van der Waals surface area contributed by atoms with Crippen molar-refractivity contribution in [1.82, 2.24) is 24.7 Å². The van der Waals surface area contributed by atoms with Gasteiger partial charge in [0.25, 0.3) is 0 Å². The van der Waals surface area contributed by atoms with Crippen molar-refractivity contribution in [2.24, 2.45) is 11.8 Å². The molecule has 12 heteroatoms. The lowest BCUT2D eigenvalue weighted by molar-refractivity contribution is 0.372. The van der Waals surface area contributed by atoms with E-state index in [9.17, 15) is 13.2 Å². The fraction of sp³-hybridized carbons (Fsp3) is 0.478. The van der Waals surface area contributed by atoms with Gasteiger partial charge < -0.3 is 19.9 Å². The van der Waals surface area contributed by atoms with Crippen molar-refractivity contribution in [1.29, 1.82) is 0 Å². The SMILES string of the molecule is COc1cc(N2CC3CCC(C2)C3Nc2nc3n(n2)CCCN3c2ccc(F)c(F)c2F)ncn1. The standard InChI is InChI=1S/C23H25F3N8O/c1-35-18-9-17(27-12-28-18)32-10-13-3-4-14(11-32)21(13)29-22-30-23-33(7-2-8-34(23)31-22)16-6-5-15(24)19(25)20(16)26/h5-6,9,12-14,21H,2-4,7-8,10-11H2,1H3,(H,29,31). The van der Waals surface area contributed by atoms with E-state index in [0.717, 1.165) is 37.8 Å². The fourth-order valence-electron chi connectivity index (χ4n) is 5.58. The van der Waals surface area contributed by atoms with Gasteiger partial charge in [0.2, 0.25) is 17.8 Å². The summed E-state index contributed by atoms with van der Waals surface area (Å²) in [5.41, 5.74) is -0.0440. The Labute approximate surface area is 199 Å². The van der Waals surface area contributed by atoms with Crippen molar-refractivity contribution in [3.8, 4) is 5.88 Å². The van der Waals surface area contributed by atoms with Crippen molar-refractivity contribution >= 4 is 23.4 Å². The Hall–Kier alpha value is -3.57. The minimum Gasteiger partial charge on any atom is -0.481 e. The number of halogens is 3. The van der Waals surface area contributed by atoms with Gasteiger partial charge in [-0.15, -0.1) is 5.10 Å². The van der Waals surface area contributed by atoms with Crippen LogP contribution in [0.5, 0.6) is 5.88 Å². The monoisotopic (exact) mass is 486 g/mol. The third-order valence-electron chi connectivity index (χ3n) is 7.24. The summed E-state index contributed by atoms with van der Waals surface area (Å²) in [5, 5.41) is 8.12. The lowest BCUT2D eigenvalue weighted by Gasteiger charge is -2.38. The third kappa shape index (κ3) is 3.80. The van der Waals surface area contributed by atoms with Crippen molar-refractivity contribution in [2.75, 3.05) is 41.9 Å². The van der Waals surface area contributed by atoms with E-state index in [1.165, 1.54) is 12.4 Å². The van der Waals surface area contributed by atoms with Gasteiger partial charge in [0.05, 0.1) is 12.8 Å². The molecular formula is C23H25F3N8O. The normalized spacial score (nSPS) is 23.4. The molecule has 1 aromatic carbocycles. The molecule has 6 rings (SSSR count). The number of ether oxygens (including phenoxy) is 1. The number of aromatic nitrogens is 5. The van der Waals surface area contributed by atoms with Crippen LogP contribution in [-0.4, -0.2) is 57.5 Å². The number of rotatable bonds is 5. The second-order valence-electron chi connectivity index (χ2n) is 9.25. The number of aryl methyl sites for hydroxylation is 1. The van der Waals surface area contributed by atoms with Crippen LogP contribution in [0, 0.1) is 29.3 Å². The quantitative estimate of drug-likeness (QED) is 0.550. The number of piperidine rings is 1. The highest BCUT2D eigenvalue weighted by Gasteiger charge is 2.43. The Morgan fingerprint density at radius 3 is 2.60 bits per heavy atom. The largest absolute Gasteiger partial charge is 0.481 e. The van der Waals surface area contributed by atoms with Gasteiger partial charge in [-0.1, -0.05) is 0 Å². The van der Waals surface area contributed by atoms with Crippen molar-refractivity contribution in [3.63, 3.8) is 0 Å². The molecule has 2 aliphatic heterocycles. The van der Waals surface area contributed by atoms with Gasteiger partial charge in [-0.05, 0) is 43.2 Å². The maximum atomic E-state index is 14.5. The Morgan fingerprint density at radius 1 is 1.03 bits per heavy atom. The van der Waals surface area contributed by atoms with Crippen molar-refractivity contribution < 1.29 is 17.9 Å². The first-order valence-corrected chi connectivity index (χ1v) is 11.7. The molecule has 1 saturated heterocycles. The highest BCUT2D eigenvalue weighted by Crippen LogP contribution is 2.40. The molecule has 0 spiro atoms. The average molecular weight is 487 g/mol. The van der Waals surface area contributed by atoms with Gasteiger partial charge in [-0.3, -0.25) is 0 Å². The number of nitrogens with one attached hydrogen (secondary N) is 1. The van der Waals surface area contributed by atoms with Crippen LogP contribution in [0.3, 0.4) is 0 Å². The van der Waals surface area contributed by atoms with E-state index in [-0.39, 0.29) is 11.7 Å². The summed E-state index contributed by atoms with van der Waals surface area (Å²) < 4.78 is 48.8. The fourth-order valence-corrected chi connectivity index (χ4v) is 5.58. The van der Waals surface area contributed by atoms with E-state index < -0.39 is 17.5 Å². The molecular weight excluding hydrogens is 461 g/mol. The number of methoxy groups -OCH3 is 1. The van der Waals surface area contributed by atoms with E-state index in [1.807, 2.05) is 6.07 Å². The van der Waals surface area contributed by atoms with Crippen LogP contribution >= 0.6 is 0 Å². The van der Waals surface area contributed by atoms with Crippen LogP contribution in [0.4, 0.5) is 36.6 Å². The Balaban J connectivity index is 1.21. The van der Waals surface area contributed by atoms with Gasteiger partial charge in [0.15, 0.2) is 17.5 Å². The van der Waals surface area contributed by atoms with Gasteiger partial charge in [0.1, 0.15) is 12.1 Å². The summed E-state index contributed by atoms with van der Waals surface area (Å²) >= 11 is 0. The molecule has 0 radical (unpaired) electrons. The minimum atomic E-state index is -1.48. The van der Waals surface area contributed by atoms with Crippen LogP contribution in [-0.2, 0) is 6.54 Å². The van der Waals surface area contributed by atoms with Crippen LogP contribution in [0.2, 0.25) is 0 Å². The van der Waals surface area contributed by atoms with Gasteiger partial charge in [-0.25, -0.2) is 27.8 Å². The predicted octanol–water partition coefficient (Wildman–Crippen LogP) is 3.36. The first-order chi connectivity index (χ1) is 17.0. The molecule has 2 atom stereocenters. The number of hydrogen-bond acceptors (Lipinski definition) is 8. The molecule has 3 aromatic rings. The summed E-state index contributed by atoms with van der Waals surface area (Å²) in [4.78, 5) is 17.0. The second kappa shape index (κ2) is 8.58. The van der Waals surface area contributed by atoms with E-state index in [1.54, 1.807) is 16.7 Å². The summed E-state index contributed by atoms with van der Waals surface area (Å²) in [6, 6.07) is 4.22. The van der Waals surface area contributed by atoms with Gasteiger partial charge >= 0.3 is 0 Å². The maximum absolute atomic E-state index is 14.5. The number of fused-ring (bicyclic) bond motifs is 3.